The van der Waals surface area contributed by atoms with Gasteiger partial charge in [-0.3, -0.25) is 4.79 Å². The van der Waals surface area contributed by atoms with E-state index in [1.54, 1.807) is 24.3 Å². The quantitative estimate of drug-likeness (QED) is 0.309. The van der Waals surface area contributed by atoms with Gasteiger partial charge in [0.25, 0.3) is 5.91 Å². The number of hydrogen-bond acceptors (Lipinski definition) is 3. The monoisotopic (exact) mass is 389 g/mol. The van der Waals surface area contributed by atoms with E-state index in [2.05, 4.69) is 34.6 Å². The third-order valence-electron chi connectivity index (χ3n) is 4.53. The summed E-state index contributed by atoms with van der Waals surface area (Å²) < 4.78 is 5.40. The van der Waals surface area contributed by atoms with Crippen molar-refractivity contribution in [3.8, 4) is 0 Å². The number of unbranched alkanes of at least 4 members (excludes halogenated alkanes) is 5. The summed E-state index contributed by atoms with van der Waals surface area (Å²) in [6, 6.07) is 6.92. The van der Waals surface area contributed by atoms with Gasteiger partial charge in [-0.15, -0.1) is 0 Å². The number of esters is 1. The number of benzene rings is 1. The number of rotatable bonds is 13. The standard InChI is InChI=1S/C24H39NO3/c1-6-7-8-9-10-11-15-28-24(27)22-14-12-13-21(16-22)23(26)25(17-19(2)3)18-20(4)5/h12-14,16,19-20H,6-11,15,17-18H2,1-5H3. The second-order valence-electron chi connectivity index (χ2n) is 8.48. The molecule has 4 heteroatoms. The number of carbonyl (C=O) groups excluding carboxylic acids is 2. The summed E-state index contributed by atoms with van der Waals surface area (Å²) in [4.78, 5) is 27.2. The van der Waals surface area contributed by atoms with E-state index in [0.29, 0.717) is 42.7 Å². The summed E-state index contributed by atoms with van der Waals surface area (Å²) in [5, 5.41) is 0. The van der Waals surface area contributed by atoms with Crippen LogP contribution in [0.5, 0.6) is 0 Å². The van der Waals surface area contributed by atoms with Crippen molar-refractivity contribution in [3.05, 3.63) is 35.4 Å². The Morgan fingerprint density at radius 3 is 2.07 bits per heavy atom. The van der Waals surface area contributed by atoms with Crippen LogP contribution in [0.1, 0.15) is 93.9 Å². The fraction of sp³-hybridized carbons (Fsp3) is 0.667. The van der Waals surface area contributed by atoms with Crippen LogP contribution >= 0.6 is 0 Å². The summed E-state index contributed by atoms with van der Waals surface area (Å²) in [5.41, 5.74) is 1.00. The lowest BCUT2D eigenvalue weighted by Gasteiger charge is -2.26. The second-order valence-corrected chi connectivity index (χ2v) is 8.48. The zero-order chi connectivity index (χ0) is 20.9. The molecule has 0 aromatic heterocycles. The van der Waals surface area contributed by atoms with Crippen molar-refractivity contribution in [2.75, 3.05) is 19.7 Å². The summed E-state index contributed by atoms with van der Waals surface area (Å²) in [6.07, 6.45) is 6.92. The molecule has 28 heavy (non-hydrogen) atoms. The molecule has 0 aliphatic carbocycles. The Bertz CT molecular complexity index is 585. The lowest BCUT2D eigenvalue weighted by atomic mass is 10.1. The topological polar surface area (TPSA) is 46.6 Å². The number of nitrogens with zero attached hydrogens (tertiary/aromatic N) is 1. The first-order chi connectivity index (χ1) is 13.3. The van der Waals surface area contributed by atoms with Gasteiger partial charge in [-0.25, -0.2) is 4.79 Å². The predicted octanol–water partition coefficient (Wildman–Crippen LogP) is 5.96. The van der Waals surface area contributed by atoms with Gasteiger partial charge in [0.2, 0.25) is 0 Å². The number of carbonyl (C=O) groups is 2. The van der Waals surface area contributed by atoms with E-state index in [-0.39, 0.29) is 11.9 Å². The first kappa shape index (κ1) is 24.2. The maximum Gasteiger partial charge on any atom is 0.338 e. The SMILES string of the molecule is CCCCCCCCOC(=O)c1cccc(C(=O)N(CC(C)C)CC(C)C)c1. The largest absolute Gasteiger partial charge is 0.462 e. The van der Waals surface area contributed by atoms with Crippen molar-refractivity contribution >= 4 is 11.9 Å². The molecule has 0 saturated heterocycles. The van der Waals surface area contributed by atoms with Crippen molar-refractivity contribution in [2.45, 2.75) is 73.1 Å². The molecule has 0 bridgehead atoms. The first-order valence-corrected chi connectivity index (χ1v) is 10.9. The zero-order valence-electron chi connectivity index (χ0n) is 18.5. The van der Waals surface area contributed by atoms with Crippen molar-refractivity contribution < 1.29 is 14.3 Å². The van der Waals surface area contributed by atoms with Gasteiger partial charge < -0.3 is 9.64 Å². The van der Waals surface area contributed by atoms with Crippen molar-refractivity contribution in [1.29, 1.82) is 0 Å². The second kappa shape index (κ2) is 13.4. The van der Waals surface area contributed by atoms with Crippen LogP contribution in [0.2, 0.25) is 0 Å². The minimum atomic E-state index is -0.345. The van der Waals surface area contributed by atoms with E-state index in [9.17, 15) is 9.59 Å². The van der Waals surface area contributed by atoms with Gasteiger partial charge in [-0.05, 0) is 36.5 Å². The zero-order valence-corrected chi connectivity index (χ0v) is 18.5. The molecule has 0 radical (unpaired) electrons. The minimum Gasteiger partial charge on any atom is -0.462 e. The lowest BCUT2D eigenvalue weighted by Crippen LogP contribution is -2.37. The summed E-state index contributed by atoms with van der Waals surface area (Å²) in [7, 11) is 0. The van der Waals surface area contributed by atoms with Crippen molar-refractivity contribution in [1.82, 2.24) is 4.90 Å². The van der Waals surface area contributed by atoms with Crippen LogP contribution in [-0.2, 0) is 4.74 Å². The molecule has 0 unspecified atom stereocenters. The van der Waals surface area contributed by atoms with E-state index in [4.69, 9.17) is 4.74 Å². The number of amides is 1. The molecule has 1 aromatic rings. The molecule has 1 amide bonds. The summed E-state index contributed by atoms with van der Waals surface area (Å²) >= 11 is 0. The Kier molecular flexibility index (Phi) is 11.5. The third kappa shape index (κ3) is 9.38. The highest BCUT2D eigenvalue weighted by molar-refractivity contribution is 5.98. The molecule has 0 atom stereocenters. The fourth-order valence-electron chi connectivity index (χ4n) is 3.21. The Labute approximate surface area is 171 Å². The van der Waals surface area contributed by atoms with Crippen LogP contribution in [0.4, 0.5) is 0 Å². The molecule has 0 heterocycles. The molecule has 0 N–H and O–H groups in total. The average molecular weight is 390 g/mol. The summed E-state index contributed by atoms with van der Waals surface area (Å²) in [6.45, 7) is 12.5. The van der Waals surface area contributed by atoms with E-state index >= 15 is 0 Å². The van der Waals surface area contributed by atoms with Gasteiger partial charge in [-0.1, -0.05) is 72.8 Å². The molecule has 1 aromatic carbocycles. The van der Waals surface area contributed by atoms with Gasteiger partial charge in [0.05, 0.1) is 12.2 Å². The van der Waals surface area contributed by atoms with Gasteiger partial charge in [0, 0.05) is 18.7 Å². The van der Waals surface area contributed by atoms with E-state index < -0.39 is 0 Å². The Morgan fingerprint density at radius 2 is 1.46 bits per heavy atom. The number of hydrogen-bond donors (Lipinski definition) is 0. The molecule has 1 rings (SSSR count). The average Bonchev–Trinajstić information content (AvgIpc) is 2.65. The van der Waals surface area contributed by atoms with Crippen LogP contribution in [0, 0.1) is 11.8 Å². The van der Waals surface area contributed by atoms with Crippen LogP contribution in [0.3, 0.4) is 0 Å². The molecule has 0 aliphatic rings. The Hall–Kier alpha value is -1.84. The molecular weight excluding hydrogens is 350 g/mol. The summed E-state index contributed by atoms with van der Waals surface area (Å²) in [5.74, 6) is 0.428. The van der Waals surface area contributed by atoms with Crippen LogP contribution in [0.15, 0.2) is 24.3 Å². The van der Waals surface area contributed by atoms with E-state index in [1.807, 2.05) is 4.90 Å². The predicted molar refractivity (Wildman–Crippen MR) is 116 cm³/mol. The van der Waals surface area contributed by atoms with Gasteiger partial charge >= 0.3 is 5.97 Å². The maximum absolute atomic E-state index is 12.9. The first-order valence-electron chi connectivity index (χ1n) is 10.9. The molecule has 4 nitrogen and oxygen atoms in total. The molecule has 0 aliphatic heterocycles. The van der Waals surface area contributed by atoms with Crippen LogP contribution in [0.25, 0.3) is 0 Å². The highest BCUT2D eigenvalue weighted by Crippen LogP contribution is 2.14. The van der Waals surface area contributed by atoms with Crippen LogP contribution in [-0.4, -0.2) is 36.5 Å². The maximum atomic E-state index is 12.9. The Morgan fingerprint density at radius 1 is 0.893 bits per heavy atom. The molecular formula is C24H39NO3. The molecule has 0 fully saturated rings. The van der Waals surface area contributed by atoms with Crippen molar-refractivity contribution in [3.63, 3.8) is 0 Å². The van der Waals surface area contributed by atoms with Gasteiger partial charge in [0.15, 0.2) is 0 Å². The van der Waals surface area contributed by atoms with E-state index in [0.717, 1.165) is 12.8 Å². The number of ether oxygens (including phenoxy) is 1. The molecule has 158 valence electrons. The van der Waals surface area contributed by atoms with Crippen molar-refractivity contribution in [2.24, 2.45) is 11.8 Å². The molecule has 0 spiro atoms. The van der Waals surface area contributed by atoms with Gasteiger partial charge in [-0.2, -0.15) is 0 Å². The van der Waals surface area contributed by atoms with E-state index in [1.165, 1.54) is 25.7 Å². The van der Waals surface area contributed by atoms with Crippen LogP contribution < -0.4 is 0 Å². The minimum absolute atomic E-state index is 0.0204. The lowest BCUT2D eigenvalue weighted by molar-refractivity contribution is 0.0497. The smallest absolute Gasteiger partial charge is 0.338 e. The highest BCUT2D eigenvalue weighted by Gasteiger charge is 2.19. The van der Waals surface area contributed by atoms with Gasteiger partial charge in [0.1, 0.15) is 0 Å². The Balaban J connectivity index is 2.63. The molecule has 0 saturated carbocycles. The normalized spacial score (nSPS) is 11.1. The third-order valence-corrected chi connectivity index (χ3v) is 4.53. The fourth-order valence-corrected chi connectivity index (χ4v) is 3.21. The highest BCUT2D eigenvalue weighted by atomic mass is 16.5.